The van der Waals surface area contributed by atoms with Gasteiger partial charge in [0.1, 0.15) is 17.6 Å². The van der Waals surface area contributed by atoms with Crippen LogP contribution in [0, 0.1) is 0 Å². The van der Waals surface area contributed by atoms with Gasteiger partial charge in [0.25, 0.3) is 5.91 Å². The molecule has 0 aliphatic carbocycles. The van der Waals surface area contributed by atoms with Gasteiger partial charge in [-0.25, -0.2) is 0 Å². The number of aliphatic hydroxyl groups is 1. The van der Waals surface area contributed by atoms with Crippen molar-refractivity contribution in [1.29, 1.82) is 0 Å². The Labute approximate surface area is 176 Å². The molecular weight excluding hydrogens is 388 g/mol. The van der Waals surface area contributed by atoms with Crippen LogP contribution in [0.1, 0.15) is 17.7 Å². The number of anilines is 1. The Morgan fingerprint density at radius 1 is 1.14 bits per heavy atom. The molecule has 0 radical (unpaired) electrons. The van der Waals surface area contributed by atoms with Crippen molar-refractivity contribution in [3.63, 3.8) is 0 Å². The number of methoxy groups -OCH3 is 1. The van der Waals surface area contributed by atoms with E-state index in [0.717, 1.165) is 27.6 Å². The van der Waals surface area contributed by atoms with Gasteiger partial charge in [0.2, 0.25) is 0 Å². The maximum atomic E-state index is 13.2. The Bertz CT molecular complexity index is 841. The summed E-state index contributed by atoms with van der Waals surface area (Å²) in [6.45, 7) is 3.70. The maximum Gasteiger partial charge on any atom is 0.257 e. The third-order valence-electron chi connectivity index (χ3n) is 4.81. The minimum Gasteiger partial charge on any atom is -0.497 e. The van der Waals surface area contributed by atoms with Gasteiger partial charge in [0, 0.05) is 18.0 Å². The number of fused-ring (bicyclic) bond motifs is 1. The second kappa shape index (κ2) is 9.52. The zero-order chi connectivity index (χ0) is 21.0. The second-order valence-corrected chi connectivity index (χ2v) is 8.30. The molecule has 29 heavy (non-hydrogen) atoms. The summed E-state index contributed by atoms with van der Waals surface area (Å²) in [4.78, 5) is 17.9. The van der Waals surface area contributed by atoms with Gasteiger partial charge in [-0.3, -0.25) is 4.79 Å². The largest absolute Gasteiger partial charge is 0.497 e. The summed E-state index contributed by atoms with van der Waals surface area (Å²) in [5.41, 5.74) is 1.68. The highest BCUT2D eigenvalue weighted by atomic mass is 32.2. The fourth-order valence-electron chi connectivity index (χ4n) is 3.25. The molecule has 2 aromatic carbocycles. The number of nitrogens with zero attached hydrogens (tertiary/aromatic N) is 2. The number of carbonyl (C=O) groups is 1. The van der Waals surface area contributed by atoms with Gasteiger partial charge in [0.05, 0.1) is 24.7 Å². The van der Waals surface area contributed by atoms with E-state index in [-0.39, 0.29) is 5.91 Å². The molecule has 2 aromatic rings. The van der Waals surface area contributed by atoms with Gasteiger partial charge >= 0.3 is 0 Å². The van der Waals surface area contributed by atoms with Crippen molar-refractivity contribution < 1.29 is 19.4 Å². The summed E-state index contributed by atoms with van der Waals surface area (Å²) in [5, 5.41) is 10.6. The third-order valence-corrected chi connectivity index (χ3v) is 6.17. The van der Waals surface area contributed by atoms with Crippen LogP contribution in [-0.4, -0.2) is 62.9 Å². The van der Waals surface area contributed by atoms with E-state index in [9.17, 15) is 9.90 Å². The molecular formula is C22H28N2O4S. The molecule has 2 atom stereocenters. The molecule has 1 aliphatic rings. The molecule has 6 nitrogen and oxygen atoms in total. The predicted molar refractivity (Wildman–Crippen MR) is 116 cm³/mol. The van der Waals surface area contributed by atoms with Crippen LogP contribution >= 0.6 is 11.8 Å². The molecule has 0 aromatic heterocycles. The second-order valence-electron chi connectivity index (χ2n) is 7.11. The molecule has 7 heteroatoms. The minimum atomic E-state index is -1.15. The molecule has 1 N–H and O–H groups in total. The molecule has 156 valence electrons. The van der Waals surface area contributed by atoms with Crippen molar-refractivity contribution in [2.75, 3.05) is 45.8 Å². The third kappa shape index (κ3) is 4.86. The van der Waals surface area contributed by atoms with Crippen LogP contribution in [0.4, 0.5) is 5.69 Å². The maximum absolute atomic E-state index is 13.2. The fourth-order valence-corrected chi connectivity index (χ4v) is 4.55. The Balaban J connectivity index is 2.02. The predicted octanol–water partition coefficient (Wildman–Crippen LogP) is 3.20. The Morgan fingerprint density at radius 3 is 2.45 bits per heavy atom. The molecule has 3 rings (SSSR count). The van der Waals surface area contributed by atoms with Crippen LogP contribution in [-0.2, 0) is 4.79 Å². The summed E-state index contributed by atoms with van der Waals surface area (Å²) in [6.07, 6.45) is -1.15. The van der Waals surface area contributed by atoms with Gasteiger partial charge < -0.3 is 24.4 Å². The first-order valence-corrected chi connectivity index (χ1v) is 10.5. The molecule has 0 unspecified atom stereocenters. The van der Waals surface area contributed by atoms with E-state index in [2.05, 4.69) is 0 Å². The number of thioether (sulfide) groups is 1. The number of hydrogen-bond acceptors (Lipinski definition) is 6. The van der Waals surface area contributed by atoms with Gasteiger partial charge in [-0.15, -0.1) is 11.8 Å². The molecule has 0 spiro atoms. The minimum absolute atomic E-state index is 0.289. The number of likely N-dealkylation sites (N-methyl/N-ethyl adjacent to an activating group) is 1. The zero-order valence-corrected chi connectivity index (χ0v) is 18.1. The van der Waals surface area contributed by atoms with E-state index in [1.54, 1.807) is 12.0 Å². The first-order chi connectivity index (χ1) is 13.9. The lowest BCUT2D eigenvalue weighted by atomic mass is 10.1. The highest BCUT2D eigenvalue weighted by Gasteiger charge is 2.37. The fraction of sp³-hybridized carbons (Fsp3) is 0.409. The van der Waals surface area contributed by atoms with Gasteiger partial charge in [-0.1, -0.05) is 12.1 Å². The van der Waals surface area contributed by atoms with E-state index >= 15 is 0 Å². The number of hydrogen-bond donors (Lipinski definition) is 1. The number of ether oxygens (including phenoxy) is 2. The van der Waals surface area contributed by atoms with Crippen LogP contribution in [0.2, 0.25) is 0 Å². The smallest absolute Gasteiger partial charge is 0.257 e. The molecule has 0 fully saturated rings. The van der Waals surface area contributed by atoms with Crippen molar-refractivity contribution in [2.45, 2.75) is 23.2 Å². The lowest BCUT2D eigenvalue weighted by Gasteiger charge is -2.26. The molecule has 0 bridgehead atoms. The quantitative estimate of drug-likeness (QED) is 0.748. The Hall–Kier alpha value is -2.22. The van der Waals surface area contributed by atoms with E-state index in [0.29, 0.717) is 19.7 Å². The van der Waals surface area contributed by atoms with Crippen LogP contribution in [0.3, 0.4) is 0 Å². The highest BCUT2D eigenvalue weighted by molar-refractivity contribution is 7.99. The number of aliphatic hydroxyl groups excluding tert-OH is 1. The summed E-state index contributed by atoms with van der Waals surface area (Å²) < 4.78 is 10.9. The van der Waals surface area contributed by atoms with Crippen LogP contribution in [0.5, 0.6) is 11.5 Å². The van der Waals surface area contributed by atoms with E-state index < -0.39 is 11.4 Å². The average Bonchev–Trinajstić information content (AvgIpc) is 2.82. The topological polar surface area (TPSA) is 62.2 Å². The number of carbonyl (C=O) groups excluding carboxylic acids is 1. The number of amides is 1. The van der Waals surface area contributed by atoms with Crippen molar-refractivity contribution in [2.24, 2.45) is 0 Å². The molecule has 1 amide bonds. The SMILES string of the molecule is CCOc1ccc2c(c1)S[C@@H](c1ccc(OC)cc1)[C@@H](O)C(=O)N2CCN(C)C. The van der Waals surface area contributed by atoms with Crippen LogP contribution in [0.15, 0.2) is 47.4 Å². The van der Waals surface area contributed by atoms with E-state index in [1.165, 1.54) is 11.8 Å². The normalized spacial score (nSPS) is 19.1. The van der Waals surface area contributed by atoms with E-state index in [1.807, 2.05) is 68.4 Å². The Kier molecular flexibility index (Phi) is 7.05. The first kappa shape index (κ1) is 21.5. The average molecular weight is 417 g/mol. The zero-order valence-electron chi connectivity index (χ0n) is 17.3. The number of rotatable bonds is 7. The summed E-state index contributed by atoms with van der Waals surface area (Å²) >= 11 is 1.49. The molecule has 1 heterocycles. The summed E-state index contributed by atoms with van der Waals surface area (Å²) in [5.74, 6) is 1.20. The number of benzene rings is 2. The van der Waals surface area contributed by atoms with Crippen molar-refractivity contribution in [3.05, 3.63) is 48.0 Å². The lowest BCUT2D eigenvalue weighted by Crippen LogP contribution is -2.43. The molecule has 0 saturated carbocycles. The first-order valence-electron chi connectivity index (χ1n) is 9.66. The van der Waals surface area contributed by atoms with Crippen molar-refractivity contribution in [3.8, 4) is 11.5 Å². The van der Waals surface area contributed by atoms with Gasteiger partial charge in [-0.05, 0) is 56.9 Å². The Morgan fingerprint density at radius 2 is 1.83 bits per heavy atom. The van der Waals surface area contributed by atoms with Crippen LogP contribution < -0.4 is 14.4 Å². The highest BCUT2D eigenvalue weighted by Crippen LogP contribution is 2.47. The van der Waals surface area contributed by atoms with Crippen LogP contribution in [0.25, 0.3) is 0 Å². The van der Waals surface area contributed by atoms with Gasteiger partial charge in [0.15, 0.2) is 0 Å². The standard InChI is InChI=1S/C22H28N2O4S/c1-5-28-17-10-11-18-19(14-17)29-21(15-6-8-16(27-4)9-7-15)20(25)22(26)24(18)13-12-23(2)3/h6-11,14,20-21,25H,5,12-13H2,1-4H3/t20-,21+/m1/s1. The monoisotopic (exact) mass is 416 g/mol. The molecule has 1 aliphatic heterocycles. The summed E-state index contributed by atoms with van der Waals surface area (Å²) in [7, 11) is 5.54. The van der Waals surface area contributed by atoms with Gasteiger partial charge in [-0.2, -0.15) is 0 Å². The van der Waals surface area contributed by atoms with Crippen molar-refractivity contribution >= 4 is 23.4 Å². The molecule has 0 saturated heterocycles. The lowest BCUT2D eigenvalue weighted by molar-refractivity contribution is -0.126. The van der Waals surface area contributed by atoms with Crippen molar-refractivity contribution in [1.82, 2.24) is 4.90 Å². The summed E-state index contributed by atoms with van der Waals surface area (Å²) in [6, 6.07) is 13.2. The van der Waals surface area contributed by atoms with E-state index in [4.69, 9.17) is 9.47 Å².